The Labute approximate surface area is 127 Å². The number of fused-ring (bicyclic) bond motifs is 1. The molecular weight excluding hydrogens is 297 g/mol. The first kappa shape index (κ1) is 13.7. The van der Waals surface area contributed by atoms with Gasteiger partial charge in [0, 0.05) is 11.1 Å². The van der Waals surface area contributed by atoms with Gasteiger partial charge in [-0.05, 0) is 38.0 Å². The van der Waals surface area contributed by atoms with Gasteiger partial charge >= 0.3 is 0 Å². The van der Waals surface area contributed by atoms with Gasteiger partial charge in [-0.1, -0.05) is 11.6 Å². The highest BCUT2D eigenvalue weighted by molar-refractivity contribution is 6.31. The van der Waals surface area contributed by atoms with E-state index in [4.69, 9.17) is 23.2 Å². The fourth-order valence-electron chi connectivity index (χ4n) is 2.31. The average Bonchev–Trinajstić information content (AvgIpc) is 3.16. The van der Waals surface area contributed by atoms with Crippen LogP contribution in [-0.2, 0) is 10.7 Å². The van der Waals surface area contributed by atoms with Crippen LogP contribution in [0.2, 0.25) is 5.02 Å². The first-order valence-electron chi connectivity index (χ1n) is 6.63. The van der Waals surface area contributed by atoms with Gasteiger partial charge in [0.05, 0.1) is 16.9 Å². The summed E-state index contributed by atoms with van der Waals surface area (Å²) in [6.45, 7) is 1.86. The van der Waals surface area contributed by atoms with Crippen molar-refractivity contribution >= 4 is 40.1 Å². The number of nitrogens with zero attached hydrogens (tertiary/aromatic N) is 2. The van der Waals surface area contributed by atoms with E-state index >= 15 is 0 Å². The Bertz CT molecular complexity index is 664. The van der Waals surface area contributed by atoms with Gasteiger partial charge in [-0.15, -0.1) is 11.6 Å². The summed E-state index contributed by atoms with van der Waals surface area (Å²) in [5.41, 5.74) is 1.64. The molecule has 3 rings (SSSR count). The van der Waals surface area contributed by atoms with E-state index in [0.717, 1.165) is 23.9 Å². The summed E-state index contributed by atoms with van der Waals surface area (Å²) in [5, 5.41) is 3.63. The predicted molar refractivity (Wildman–Crippen MR) is 80.2 cm³/mol. The number of nitrogens with one attached hydrogen (secondary N) is 1. The largest absolute Gasteiger partial charge is 0.352 e. The van der Waals surface area contributed by atoms with Crippen LogP contribution < -0.4 is 5.32 Å². The van der Waals surface area contributed by atoms with Crippen LogP contribution in [0.25, 0.3) is 11.0 Å². The number of carbonyl (C=O) groups excluding carboxylic acids is 1. The molecule has 4 nitrogen and oxygen atoms in total. The number of halogens is 2. The number of alkyl halides is 1. The number of hydrogen-bond donors (Lipinski definition) is 1. The van der Waals surface area contributed by atoms with Gasteiger partial charge in [0.1, 0.15) is 11.9 Å². The maximum Gasteiger partial charge on any atom is 0.243 e. The SMILES string of the molecule is CC(C(=O)NC1CC1)n1c(CCl)nc2ccc(Cl)cc21. The molecule has 1 amide bonds. The van der Waals surface area contributed by atoms with Crippen LogP contribution in [0.3, 0.4) is 0 Å². The maximum atomic E-state index is 12.3. The first-order chi connectivity index (χ1) is 9.60. The molecule has 106 valence electrons. The van der Waals surface area contributed by atoms with Crippen molar-refractivity contribution in [2.24, 2.45) is 0 Å². The Morgan fingerprint density at radius 3 is 2.95 bits per heavy atom. The number of hydrogen-bond acceptors (Lipinski definition) is 2. The van der Waals surface area contributed by atoms with Crippen LogP contribution in [0.15, 0.2) is 18.2 Å². The van der Waals surface area contributed by atoms with Crippen molar-refractivity contribution in [1.29, 1.82) is 0 Å². The second-order valence-corrected chi connectivity index (χ2v) is 5.83. The molecule has 20 heavy (non-hydrogen) atoms. The van der Waals surface area contributed by atoms with Gasteiger partial charge in [0.15, 0.2) is 0 Å². The lowest BCUT2D eigenvalue weighted by Gasteiger charge is -2.16. The number of imidazole rings is 1. The Kier molecular flexibility index (Phi) is 3.61. The number of rotatable bonds is 4. The van der Waals surface area contributed by atoms with Crippen molar-refractivity contribution in [2.45, 2.75) is 37.7 Å². The Hall–Kier alpha value is -1.26. The van der Waals surface area contributed by atoms with E-state index in [2.05, 4.69) is 10.3 Å². The van der Waals surface area contributed by atoms with Crippen LogP contribution in [0, 0.1) is 0 Å². The molecule has 1 fully saturated rings. The molecule has 0 radical (unpaired) electrons. The highest BCUT2D eigenvalue weighted by Crippen LogP contribution is 2.26. The van der Waals surface area contributed by atoms with Crippen LogP contribution in [0.1, 0.15) is 31.6 Å². The van der Waals surface area contributed by atoms with E-state index < -0.39 is 0 Å². The van der Waals surface area contributed by atoms with Crippen molar-refractivity contribution in [2.75, 3.05) is 0 Å². The van der Waals surface area contributed by atoms with Gasteiger partial charge in [0.2, 0.25) is 5.91 Å². The summed E-state index contributed by atoms with van der Waals surface area (Å²) in [5.74, 6) is 0.938. The molecule has 1 aliphatic rings. The summed E-state index contributed by atoms with van der Waals surface area (Å²) in [7, 11) is 0. The van der Waals surface area contributed by atoms with Gasteiger partial charge in [-0.3, -0.25) is 4.79 Å². The molecule has 1 aromatic heterocycles. The quantitative estimate of drug-likeness (QED) is 0.881. The van der Waals surface area contributed by atoms with E-state index in [1.54, 1.807) is 6.07 Å². The van der Waals surface area contributed by atoms with Crippen molar-refractivity contribution < 1.29 is 4.79 Å². The second-order valence-electron chi connectivity index (χ2n) is 5.12. The molecule has 1 heterocycles. The van der Waals surface area contributed by atoms with E-state index in [1.807, 2.05) is 23.6 Å². The third-order valence-corrected chi connectivity index (χ3v) is 4.01. The van der Waals surface area contributed by atoms with Crippen LogP contribution >= 0.6 is 23.2 Å². The van der Waals surface area contributed by atoms with Crippen LogP contribution in [0.5, 0.6) is 0 Å². The molecule has 1 saturated carbocycles. The highest BCUT2D eigenvalue weighted by atomic mass is 35.5. The van der Waals surface area contributed by atoms with E-state index in [1.165, 1.54) is 0 Å². The zero-order valence-electron chi connectivity index (χ0n) is 11.1. The molecule has 1 aromatic carbocycles. The summed E-state index contributed by atoms with van der Waals surface area (Å²) >= 11 is 12.0. The summed E-state index contributed by atoms with van der Waals surface area (Å²) < 4.78 is 1.87. The molecule has 1 aliphatic carbocycles. The topological polar surface area (TPSA) is 46.9 Å². The average molecular weight is 312 g/mol. The van der Waals surface area contributed by atoms with Gasteiger partial charge in [-0.2, -0.15) is 0 Å². The molecule has 0 bridgehead atoms. The zero-order valence-corrected chi connectivity index (χ0v) is 12.6. The minimum Gasteiger partial charge on any atom is -0.352 e. The third kappa shape index (κ3) is 2.50. The van der Waals surface area contributed by atoms with E-state index in [0.29, 0.717) is 16.9 Å². The molecular formula is C14H15Cl2N3O. The Morgan fingerprint density at radius 2 is 2.30 bits per heavy atom. The summed E-state index contributed by atoms with van der Waals surface area (Å²) in [4.78, 5) is 16.7. The monoisotopic (exact) mass is 311 g/mol. The maximum absolute atomic E-state index is 12.3. The lowest BCUT2D eigenvalue weighted by molar-refractivity contribution is -0.123. The van der Waals surface area contributed by atoms with Crippen molar-refractivity contribution in [3.05, 3.63) is 29.0 Å². The normalized spacial score (nSPS) is 16.4. The highest BCUT2D eigenvalue weighted by Gasteiger charge is 2.28. The Morgan fingerprint density at radius 1 is 1.55 bits per heavy atom. The molecule has 6 heteroatoms. The second kappa shape index (κ2) is 5.26. The summed E-state index contributed by atoms with van der Waals surface area (Å²) in [6.07, 6.45) is 2.13. The number of aromatic nitrogens is 2. The molecule has 1 N–H and O–H groups in total. The molecule has 1 atom stereocenters. The number of amides is 1. The lowest BCUT2D eigenvalue weighted by Crippen LogP contribution is -2.33. The lowest BCUT2D eigenvalue weighted by atomic mass is 10.2. The van der Waals surface area contributed by atoms with Gasteiger partial charge < -0.3 is 9.88 Å². The Balaban J connectivity index is 2.02. The van der Waals surface area contributed by atoms with Crippen LogP contribution in [0.4, 0.5) is 0 Å². The summed E-state index contributed by atoms with van der Waals surface area (Å²) in [6, 6.07) is 5.43. The van der Waals surface area contributed by atoms with E-state index in [-0.39, 0.29) is 17.8 Å². The molecule has 2 aromatic rings. The van der Waals surface area contributed by atoms with Gasteiger partial charge in [0.25, 0.3) is 0 Å². The third-order valence-electron chi connectivity index (χ3n) is 3.53. The van der Waals surface area contributed by atoms with Crippen molar-refractivity contribution in [3.8, 4) is 0 Å². The molecule has 0 saturated heterocycles. The van der Waals surface area contributed by atoms with Crippen LogP contribution in [-0.4, -0.2) is 21.5 Å². The standard InChI is InChI=1S/C14H15Cl2N3O/c1-8(14(20)17-10-3-4-10)19-12-6-9(16)2-5-11(12)18-13(19)7-15/h2,5-6,8,10H,3-4,7H2,1H3,(H,17,20). The van der Waals surface area contributed by atoms with Crippen molar-refractivity contribution in [3.63, 3.8) is 0 Å². The first-order valence-corrected chi connectivity index (χ1v) is 7.54. The molecule has 1 unspecified atom stereocenters. The predicted octanol–water partition coefficient (Wildman–Crippen LogP) is 3.27. The fourth-order valence-corrected chi connectivity index (χ4v) is 2.66. The number of carbonyl (C=O) groups is 1. The number of benzene rings is 1. The molecule has 0 spiro atoms. The van der Waals surface area contributed by atoms with E-state index in [9.17, 15) is 4.79 Å². The van der Waals surface area contributed by atoms with Crippen molar-refractivity contribution in [1.82, 2.24) is 14.9 Å². The van der Waals surface area contributed by atoms with Gasteiger partial charge in [-0.25, -0.2) is 4.98 Å². The fraction of sp³-hybridized carbons (Fsp3) is 0.429. The smallest absolute Gasteiger partial charge is 0.243 e. The minimum absolute atomic E-state index is 0.00172. The minimum atomic E-state index is -0.354. The zero-order chi connectivity index (χ0) is 14.3. The molecule has 0 aliphatic heterocycles.